The zero-order valence-corrected chi connectivity index (χ0v) is 35.3. The molecule has 0 saturated heterocycles. The molecule has 0 aromatic heterocycles. The summed E-state index contributed by atoms with van der Waals surface area (Å²) in [5, 5.41) is 23.1. The minimum Gasteiger partial charge on any atom is -0.394 e. The van der Waals surface area contributed by atoms with Crippen LogP contribution in [0.3, 0.4) is 0 Å². The van der Waals surface area contributed by atoms with E-state index in [0.29, 0.717) is 6.42 Å². The van der Waals surface area contributed by atoms with E-state index in [1.807, 2.05) is 6.08 Å². The zero-order valence-electron chi connectivity index (χ0n) is 35.3. The largest absolute Gasteiger partial charge is 0.394 e. The Balaban J connectivity index is 3.53. The lowest BCUT2D eigenvalue weighted by Gasteiger charge is -2.20. The van der Waals surface area contributed by atoms with Gasteiger partial charge in [0.25, 0.3) is 0 Å². The third-order valence-corrected chi connectivity index (χ3v) is 10.9. The molecule has 308 valence electrons. The highest BCUT2D eigenvalue weighted by molar-refractivity contribution is 5.76. The van der Waals surface area contributed by atoms with E-state index in [4.69, 9.17) is 0 Å². The molecule has 0 fully saturated rings. The highest BCUT2D eigenvalue weighted by atomic mass is 16.3. The quantitative estimate of drug-likeness (QED) is 0.0432. The van der Waals surface area contributed by atoms with E-state index < -0.39 is 12.1 Å². The number of carbonyl (C=O) groups is 1. The van der Waals surface area contributed by atoms with Crippen LogP contribution in [0.15, 0.2) is 24.3 Å². The van der Waals surface area contributed by atoms with E-state index in [1.165, 1.54) is 212 Å². The number of unbranched alkanes of at least 4 members (excludes halogenated alkanes) is 34. The number of rotatable bonds is 43. The second-order valence-corrected chi connectivity index (χ2v) is 16.2. The molecule has 0 aromatic rings. The third-order valence-electron chi connectivity index (χ3n) is 10.9. The number of amides is 1. The number of nitrogens with one attached hydrogen (secondary N) is 1. The van der Waals surface area contributed by atoms with Gasteiger partial charge < -0.3 is 15.5 Å². The normalized spacial score (nSPS) is 13.1. The van der Waals surface area contributed by atoms with Crippen LogP contribution in [0.4, 0.5) is 0 Å². The number of allylic oxidation sites excluding steroid dienone is 3. The molecule has 0 spiro atoms. The van der Waals surface area contributed by atoms with Gasteiger partial charge in [-0.25, -0.2) is 0 Å². The second-order valence-electron chi connectivity index (χ2n) is 16.2. The smallest absolute Gasteiger partial charge is 0.220 e. The molecule has 52 heavy (non-hydrogen) atoms. The average molecular weight is 732 g/mol. The Labute approximate surface area is 326 Å². The van der Waals surface area contributed by atoms with Crippen LogP contribution in [0.1, 0.15) is 258 Å². The SMILES string of the molecule is CCCCCCCCCC/C=C\CCCCCCCCCCCC(=O)NC(CO)C(O)/C=C/CCCCCCCCCCCCCCCCCCC. The first-order chi connectivity index (χ1) is 25.7. The summed E-state index contributed by atoms with van der Waals surface area (Å²) < 4.78 is 0. The molecule has 0 aliphatic rings. The van der Waals surface area contributed by atoms with Gasteiger partial charge in [-0.3, -0.25) is 4.79 Å². The van der Waals surface area contributed by atoms with Crippen LogP contribution in [-0.2, 0) is 4.79 Å². The molecule has 0 bridgehead atoms. The van der Waals surface area contributed by atoms with E-state index >= 15 is 0 Å². The van der Waals surface area contributed by atoms with Crippen molar-refractivity contribution in [1.29, 1.82) is 0 Å². The summed E-state index contributed by atoms with van der Waals surface area (Å²) in [5.41, 5.74) is 0. The molecular weight excluding hydrogens is 639 g/mol. The highest BCUT2D eigenvalue weighted by Gasteiger charge is 2.17. The molecule has 3 N–H and O–H groups in total. The van der Waals surface area contributed by atoms with E-state index in [9.17, 15) is 15.0 Å². The van der Waals surface area contributed by atoms with Crippen molar-refractivity contribution in [2.75, 3.05) is 6.61 Å². The van der Waals surface area contributed by atoms with Gasteiger partial charge in [0.1, 0.15) is 0 Å². The summed E-state index contributed by atoms with van der Waals surface area (Å²) >= 11 is 0. The fourth-order valence-electron chi connectivity index (χ4n) is 7.29. The van der Waals surface area contributed by atoms with Crippen molar-refractivity contribution in [3.8, 4) is 0 Å². The van der Waals surface area contributed by atoms with Gasteiger partial charge in [-0.15, -0.1) is 0 Å². The maximum atomic E-state index is 12.4. The van der Waals surface area contributed by atoms with Crippen molar-refractivity contribution in [2.24, 2.45) is 0 Å². The second kappa shape index (κ2) is 44.3. The standard InChI is InChI=1S/C48H93NO3/c1-3-5-7-9-11-13-15-17-19-21-23-24-26-28-30-32-34-36-38-40-42-44-48(52)49-46(45-50)47(51)43-41-39-37-35-33-31-29-27-25-22-20-18-16-14-12-10-8-6-4-2/h21,23,41,43,46-47,50-51H,3-20,22,24-40,42,44-45H2,1-2H3,(H,49,52)/b23-21-,43-41+. The van der Waals surface area contributed by atoms with Crippen LogP contribution >= 0.6 is 0 Å². The lowest BCUT2D eigenvalue weighted by atomic mass is 10.0. The van der Waals surface area contributed by atoms with Crippen molar-refractivity contribution < 1.29 is 15.0 Å². The van der Waals surface area contributed by atoms with Crippen LogP contribution in [0.2, 0.25) is 0 Å². The predicted molar refractivity (Wildman–Crippen MR) is 230 cm³/mol. The molecule has 0 rings (SSSR count). The van der Waals surface area contributed by atoms with E-state index in [2.05, 4.69) is 31.3 Å². The maximum absolute atomic E-state index is 12.4. The van der Waals surface area contributed by atoms with Crippen molar-refractivity contribution in [1.82, 2.24) is 5.32 Å². The summed E-state index contributed by atoms with van der Waals surface area (Å²) in [4.78, 5) is 12.4. The van der Waals surface area contributed by atoms with Gasteiger partial charge >= 0.3 is 0 Å². The summed E-state index contributed by atoms with van der Waals surface area (Å²) in [6.45, 7) is 4.33. The van der Waals surface area contributed by atoms with E-state index in [0.717, 1.165) is 25.7 Å². The molecule has 4 heteroatoms. The van der Waals surface area contributed by atoms with Crippen molar-refractivity contribution in [3.05, 3.63) is 24.3 Å². The van der Waals surface area contributed by atoms with Gasteiger partial charge in [-0.1, -0.05) is 231 Å². The predicted octanol–water partition coefficient (Wildman–Crippen LogP) is 14.8. The van der Waals surface area contributed by atoms with Crippen molar-refractivity contribution >= 4 is 5.91 Å². The average Bonchev–Trinajstić information content (AvgIpc) is 3.15. The number of hydrogen-bond acceptors (Lipinski definition) is 3. The molecule has 0 aliphatic heterocycles. The number of hydrogen-bond donors (Lipinski definition) is 3. The minimum absolute atomic E-state index is 0.0634. The van der Waals surface area contributed by atoms with Crippen LogP contribution in [-0.4, -0.2) is 34.9 Å². The Bertz CT molecular complexity index is 750. The van der Waals surface area contributed by atoms with E-state index in [1.54, 1.807) is 6.08 Å². The Morgan fingerprint density at radius 1 is 0.442 bits per heavy atom. The molecule has 0 radical (unpaired) electrons. The summed E-state index contributed by atoms with van der Waals surface area (Å²) in [6, 6.07) is -0.621. The molecule has 4 nitrogen and oxygen atoms in total. The monoisotopic (exact) mass is 732 g/mol. The Hall–Kier alpha value is -1.13. The maximum Gasteiger partial charge on any atom is 0.220 e. The number of aliphatic hydroxyl groups is 2. The highest BCUT2D eigenvalue weighted by Crippen LogP contribution is 2.16. The third kappa shape index (κ3) is 40.1. The fraction of sp³-hybridized carbons (Fsp3) is 0.896. The van der Waals surface area contributed by atoms with Gasteiger partial charge in [-0.05, 0) is 44.9 Å². The molecule has 2 atom stereocenters. The minimum atomic E-state index is -0.838. The Morgan fingerprint density at radius 2 is 0.731 bits per heavy atom. The van der Waals surface area contributed by atoms with Crippen molar-refractivity contribution in [3.63, 3.8) is 0 Å². The molecular formula is C48H93NO3. The summed E-state index contributed by atoms with van der Waals surface area (Å²) in [7, 11) is 0. The fourth-order valence-corrected chi connectivity index (χ4v) is 7.29. The number of aliphatic hydroxyl groups excluding tert-OH is 2. The number of carbonyl (C=O) groups excluding carboxylic acids is 1. The zero-order chi connectivity index (χ0) is 37.8. The van der Waals surface area contributed by atoms with Gasteiger partial charge in [0.15, 0.2) is 0 Å². The molecule has 0 heterocycles. The first-order valence-corrected chi connectivity index (χ1v) is 23.6. The van der Waals surface area contributed by atoms with Crippen LogP contribution in [0, 0.1) is 0 Å². The topological polar surface area (TPSA) is 69.6 Å². The Kier molecular flexibility index (Phi) is 43.3. The van der Waals surface area contributed by atoms with E-state index in [-0.39, 0.29) is 12.5 Å². The van der Waals surface area contributed by atoms with Gasteiger partial charge in [0, 0.05) is 6.42 Å². The first-order valence-electron chi connectivity index (χ1n) is 23.6. The van der Waals surface area contributed by atoms with Gasteiger partial charge in [0.2, 0.25) is 5.91 Å². The lowest BCUT2D eigenvalue weighted by Crippen LogP contribution is -2.45. The molecule has 1 amide bonds. The molecule has 2 unspecified atom stereocenters. The Morgan fingerprint density at radius 3 is 1.06 bits per heavy atom. The molecule has 0 saturated carbocycles. The van der Waals surface area contributed by atoms with Gasteiger partial charge in [0.05, 0.1) is 18.8 Å². The summed E-state index contributed by atoms with van der Waals surface area (Å²) in [5.74, 6) is -0.0634. The first kappa shape index (κ1) is 50.9. The van der Waals surface area contributed by atoms with Crippen LogP contribution in [0.25, 0.3) is 0 Å². The van der Waals surface area contributed by atoms with Gasteiger partial charge in [-0.2, -0.15) is 0 Å². The molecule has 0 aliphatic carbocycles. The van der Waals surface area contributed by atoms with Crippen LogP contribution in [0.5, 0.6) is 0 Å². The summed E-state index contributed by atoms with van der Waals surface area (Å²) in [6.07, 6.45) is 57.2. The lowest BCUT2D eigenvalue weighted by molar-refractivity contribution is -0.123. The molecule has 0 aromatic carbocycles. The van der Waals surface area contributed by atoms with Crippen LogP contribution < -0.4 is 5.32 Å². The van der Waals surface area contributed by atoms with Crippen molar-refractivity contribution in [2.45, 2.75) is 270 Å².